The molecule has 0 N–H and O–H groups in total. The van der Waals surface area contributed by atoms with Crippen LogP contribution in [-0.4, -0.2) is 9.97 Å². The molecule has 3 aromatic carbocycles. The lowest BCUT2D eigenvalue weighted by atomic mass is 9.96. The minimum absolute atomic E-state index is 0.968. The Hall–Kier alpha value is -3.00. The molecule has 0 radical (unpaired) electrons. The molecule has 0 fully saturated rings. The molecule has 0 spiro atoms. The van der Waals surface area contributed by atoms with Crippen molar-refractivity contribution < 1.29 is 0 Å². The van der Waals surface area contributed by atoms with Gasteiger partial charge in [-0.05, 0) is 17.2 Å². The van der Waals surface area contributed by atoms with E-state index in [4.69, 9.17) is 0 Å². The maximum atomic E-state index is 4.55. The highest BCUT2D eigenvalue weighted by molar-refractivity contribution is 5.96. The maximum absolute atomic E-state index is 4.55. The van der Waals surface area contributed by atoms with Crippen LogP contribution in [0.15, 0.2) is 85.2 Å². The number of rotatable bonds is 2. The van der Waals surface area contributed by atoms with Gasteiger partial charge in [0.05, 0.1) is 11.2 Å². The van der Waals surface area contributed by atoms with Crippen molar-refractivity contribution in [3.05, 3.63) is 85.2 Å². The summed E-state index contributed by atoms with van der Waals surface area (Å²) in [4.78, 5) is 8.91. The molecule has 2 heteroatoms. The summed E-state index contributed by atoms with van der Waals surface area (Å²) in [7, 11) is 0. The zero-order valence-corrected chi connectivity index (χ0v) is 12.0. The van der Waals surface area contributed by atoms with Crippen LogP contribution < -0.4 is 0 Å². The van der Waals surface area contributed by atoms with E-state index < -0.39 is 0 Å². The van der Waals surface area contributed by atoms with Crippen LogP contribution in [0.2, 0.25) is 0 Å². The molecule has 0 aliphatic carbocycles. The number of hydrogen-bond acceptors (Lipinski definition) is 2. The summed E-state index contributed by atoms with van der Waals surface area (Å²) in [5, 5.41) is 1.08. The Kier molecular flexibility index (Phi) is 3.13. The number of aromatic nitrogens is 2. The fourth-order valence-corrected chi connectivity index (χ4v) is 2.78. The summed E-state index contributed by atoms with van der Waals surface area (Å²) < 4.78 is 0. The summed E-state index contributed by atoms with van der Waals surface area (Å²) in [6, 6.07) is 26.9. The van der Waals surface area contributed by atoms with Gasteiger partial charge in [-0.1, -0.05) is 72.8 Å². The van der Waals surface area contributed by atoms with E-state index in [1.807, 2.05) is 24.3 Å². The molecular formula is C20H14N2. The minimum atomic E-state index is 0.968. The minimum Gasteiger partial charge on any atom is -0.236 e. The molecule has 0 saturated carbocycles. The first kappa shape index (κ1) is 12.7. The Bertz CT molecular complexity index is 925. The summed E-state index contributed by atoms with van der Waals surface area (Å²) in [6.45, 7) is 0. The Balaban J connectivity index is 2.01. The molecule has 2 nitrogen and oxygen atoms in total. The van der Waals surface area contributed by atoms with Crippen molar-refractivity contribution in [1.29, 1.82) is 0 Å². The van der Waals surface area contributed by atoms with Crippen LogP contribution in [0.25, 0.3) is 33.3 Å². The van der Waals surface area contributed by atoms with Crippen LogP contribution in [0.3, 0.4) is 0 Å². The van der Waals surface area contributed by atoms with Crippen molar-refractivity contribution in [3.8, 4) is 22.4 Å². The molecule has 1 aromatic heterocycles. The summed E-state index contributed by atoms with van der Waals surface area (Å²) >= 11 is 0. The topological polar surface area (TPSA) is 25.8 Å². The standard InChI is InChI=1S/C20H14N2/c1-2-8-15(9-3-1)16-10-4-5-11-17(16)20-18-12-6-7-13-19(18)21-14-22-20/h1-14H. The van der Waals surface area contributed by atoms with Crippen LogP contribution >= 0.6 is 0 Å². The highest BCUT2D eigenvalue weighted by Crippen LogP contribution is 2.33. The van der Waals surface area contributed by atoms with Gasteiger partial charge in [-0.15, -0.1) is 0 Å². The fourth-order valence-electron chi connectivity index (χ4n) is 2.78. The van der Waals surface area contributed by atoms with Crippen molar-refractivity contribution in [2.75, 3.05) is 0 Å². The zero-order chi connectivity index (χ0) is 14.8. The third-order valence-corrected chi connectivity index (χ3v) is 3.81. The second-order valence-electron chi connectivity index (χ2n) is 5.15. The molecule has 0 atom stereocenters. The Morgan fingerprint density at radius 2 is 1.23 bits per heavy atom. The van der Waals surface area contributed by atoms with E-state index in [-0.39, 0.29) is 0 Å². The van der Waals surface area contributed by atoms with E-state index >= 15 is 0 Å². The molecule has 0 saturated heterocycles. The number of benzene rings is 3. The molecule has 0 aliphatic rings. The predicted octanol–water partition coefficient (Wildman–Crippen LogP) is 4.96. The first-order chi connectivity index (χ1) is 10.9. The Morgan fingerprint density at radius 1 is 0.545 bits per heavy atom. The van der Waals surface area contributed by atoms with Gasteiger partial charge in [0.25, 0.3) is 0 Å². The summed E-state index contributed by atoms with van der Waals surface area (Å²) in [6.07, 6.45) is 1.64. The van der Waals surface area contributed by atoms with Gasteiger partial charge in [-0.3, -0.25) is 0 Å². The Labute approximate surface area is 129 Å². The van der Waals surface area contributed by atoms with Crippen molar-refractivity contribution in [2.24, 2.45) is 0 Å². The third kappa shape index (κ3) is 2.15. The lowest BCUT2D eigenvalue weighted by Crippen LogP contribution is -1.91. The van der Waals surface area contributed by atoms with Gasteiger partial charge in [-0.2, -0.15) is 0 Å². The number of fused-ring (bicyclic) bond motifs is 1. The third-order valence-electron chi connectivity index (χ3n) is 3.81. The number of para-hydroxylation sites is 1. The van der Waals surface area contributed by atoms with Gasteiger partial charge in [0.1, 0.15) is 6.33 Å². The first-order valence-electron chi connectivity index (χ1n) is 7.28. The van der Waals surface area contributed by atoms with E-state index in [1.165, 1.54) is 11.1 Å². The van der Waals surface area contributed by atoms with Gasteiger partial charge < -0.3 is 0 Å². The van der Waals surface area contributed by atoms with Gasteiger partial charge >= 0.3 is 0 Å². The van der Waals surface area contributed by atoms with Crippen LogP contribution in [0.4, 0.5) is 0 Å². The van der Waals surface area contributed by atoms with Crippen molar-refractivity contribution >= 4 is 10.9 Å². The van der Waals surface area contributed by atoms with Crippen molar-refractivity contribution in [1.82, 2.24) is 9.97 Å². The van der Waals surface area contributed by atoms with Crippen molar-refractivity contribution in [2.45, 2.75) is 0 Å². The lowest BCUT2D eigenvalue weighted by Gasteiger charge is -2.11. The molecule has 0 unspecified atom stereocenters. The van der Waals surface area contributed by atoms with Crippen molar-refractivity contribution in [3.63, 3.8) is 0 Å². The smallest absolute Gasteiger partial charge is 0.116 e. The monoisotopic (exact) mass is 282 g/mol. The van der Waals surface area contributed by atoms with Crippen LogP contribution in [0.1, 0.15) is 0 Å². The van der Waals surface area contributed by atoms with Gasteiger partial charge in [-0.25, -0.2) is 9.97 Å². The van der Waals surface area contributed by atoms with E-state index in [0.717, 1.165) is 22.2 Å². The van der Waals surface area contributed by atoms with Crippen LogP contribution in [-0.2, 0) is 0 Å². The SMILES string of the molecule is c1ccc(-c2ccccc2-c2ncnc3ccccc23)cc1. The number of nitrogens with zero attached hydrogens (tertiary/aromatic N) is 2. The van der Waals surface area contributed by atoms with E-state index in [0.29, 0.717) is 0 Å². The molecule has 1 heterocycles. The first-order valence-corrected chi connectivity index (χ1v) is 7.28. The average molecular weight is 282 g/mol. The highest BCUT2D eigenvalue weighted by Gasteiger charge is 2.11. The summed E-state index contributed by atoms with van der Waals surface area (Å²) in [5.74, 6) is 0. The largest absolute Gasteiger partial charge is 0.236 e. The molecule has 104 valence electrons. The molecule has 4 rings (SSSR count). The van der Waals surface area contributed by atoms with Gasteiger partial charge in [0.2, 0.25) is 0 Å². The lowest BCUT2D eigenvalue weighted by molar-refractivity contribution is 1.22. The maximum Gasteiger partial charge on any atom is 0.116 e. The van der Waals surface area contributed by atoms with Gasteiger partial charge in [0, 0.05) is 10.9 Å². The van der Waals surface area contributed by atoms with Crippen LogP contribution in [0.5, 0.6) is 0 Å². The second kappa shape index (κ2) is 5.41. The number of hydrogen-bond donors (Lipinski definition) is 0. The second-order valence-corrected chi connectivity index (χ2v) is 5.15. The summed E-state index contributed by atoms with van der Waals surface area (Å²) in [5.41, 5.74) is 5.46. The molecular weight excluding hydrogens is 268 g/mol. The predicted molar refractivity (Wildman–Crippen MR) is 90.4 cm³/mol. The van der Waals surface area contributed by atoms with E-state index in [2.05, 4.69) is 64.6 Å². The molecule has 0 aliphatic heterocycles. The van der Waals surface area contributed by atoms with E-state index in [9.17, 15) is 0 Å². The molecule has 0 amide bonds. The van der Waals surface area contributed by atoms with E-state index in [1.54, 1.807) is 6.33 Å². The van der Waals surface area contributed by atoms with Gasteiger partial charge in [0.15, 0.2) is 0 Å². The zero-order valence-electron chi connectivity index (χ0n) is 12.0. The normalized spacial score (nSPS) is 10.7. The molecule has 4 aromatic rings. The quantitative estimate of drug-likeness (QED) is 0.519. The Morgan fingerprint density at radius 3 is 2.09 bits per heavy atom. The molecule has 0 bridgehead atoms. The van der Waals surface area contributed by atoms with Crippen LogP contribution in [0, 0.1) is 0 Å². The average Bonchev–Trinajstić information content (AvgIpc) is 2.62. The highest BCUT2D eigenvalue weighted by atomic mass is 14.8. The fraction of sp³-hybridized carbons (Fsp3) is 0. The molecule has 22 heavy (non-hydrogen) atoms.